The van der Waals surface area contributed by atoms with Crippen molar-refractivity contribution < 1.29 is 9.52 Å². The van der Waals surface area contributed by atoms with Gasteiger partial charge in [-0.1, -0.05) is 18.2 Å². The molecule has 0 fully saturated rings. The summed E-state index contributed by atoms with van der Waals surface area (Å²) in [5, 5.41) is 14.5. The highest BCUT2D eigenvalue weighted by Crippen LogP contribution is 2.22. The Bertz CT molecular complexity index is 969. The summed E-state index contributed by atoms with van der Waals surface area (Å²) < 4.78 is 6.74. The standard InChI is InChI=1S/C18H17N3O3/c1-11-9-16(21(20-11)14-7-5-4-6-8-14)19-13(3)17-15(22)10-12(2)24-18(17)23/h4-10,22H,1-3H3. The summed E-state index contributed by atoms with van der Waals surface area (Å²) in [5.74, 6) is 0.766. The summed E-state index contributed by atoms with van der Waals surface area (Å²) in [6.07, 6.45) is 0. The summed E-state index contributed by atoms with van der Waals surface area (Å²) in [7, 11) is 0. The molecule has 6 heteroatoms. The quantitative estimate of drug-likeness (QED) is 0.750. The normalized spacial score (nSPS) is 11.7. The van der Waals surface area contributed by atoms with Crippen molar-refractivity contribution in [3.05, 3.63) is 69.9 Å². The molecule has 1 aromatic carbocycles. The smallest absolute Gasteiger partial charge is 0.348 e. The maximum Gasteiger partial charge on any atom is 0.348 e. The highest BCUT2D eigenvalue weighted by molar-refractivity contribution is 6.01. The van der Waals surface area contributed by atoms with Crippen LogP contribution in [0.25, 0.3) is 5.69 Å². The zero-order valence-electron chi connectivity index (χ0n) is 13.6. The molecule has 0 bridgehead atoms. The molecular weight excluding hydrogens is 306 g/mol. The second kappa shape index (κ2) is 6.16. The van der Waals surface area contributed by atoms with E-state index in [2.05, 4.69) is 10.1 Å². The van der Waals surface area contributed by atoms with Crippen molar-refractivity contribution >= 4 is 11.5 Å². The van der Waals surface area contributed by atoms with Crippen LogP contribution >= 0.6 is 0 Å². The summed E-state index contributed by atoms with van der Waals surface area (Å²) >= 11 is 0. The van der Waals surface area contributed by atoms with Crippen LogP contribution in [0.15, 0.2) is 56.7 Å². The van der Waals surface area contributed by atoms with E-state index < -0.39 is 5.63 Å². The van der Waals surface area contributed by atoms with Crippen LogP contribution in [0.3, 0.4) is 0 Å². The lowest BCUT2D eigenvalue weighted by atomic mass is 10.1. The highest BCUT2D eigenvalue weighted by Gasteiger charge is 2.14. The fourth-order valence-electron chi connectivity index (χ4n) is 2.48. The molecule has 0 saturated carbocycles. The van der Waals surface area contributed by atoms with Crippen molar-refractivity contribution in [1.82, 2.24) is 9.78 Å². The third-order valence-corrected chi connectivity index (χ3v) is 3.51. The zero-order chi connectivity index (χ0) is 17.3. The molecule has 3 rings (SSSR count). The number of hydrogen-bond donors (Lipinski definition) is 1. The minimum Gasteiger partial charge on any atom is -0.507 e. The van der Waals surface area contributed by atoms with Crippen molar-refractivity contribution in [3.8, 4) is 11.4 Å². The minimum atomic E-state index is -0.615. The third kappa shape index (κ3) is 2.99. The van der Waals surface area contributed by atoms with Gasteiger partial charge in [-0.05, 0) is 32.9 Å². The van der Waals surface area contributed by atoms with E-state index in [1.165, 1.54) is 6.07 Å². The van der Waals surface area contributed by atoms with Crippen molar-refractivity contribution in [2.75, 3.05) is 0 Å². The van der Waals surface area contributed by atoms with Gasteiger partial charge in [-0.2, -0.15) is 5.10 Å². The van der Waals surface area contributed by atoms with Crippen LogP contribution < -0.4 is 5.63 Å². The molecule has 2 heterocycles. The molecule has 0 radical (unpaired) electrons. The Morgan fingerprint density at radius 2 is 1.92 bits per heavy atom. The van der Waals surface area contributed by atoms with Gasteiger partial charge in [0.2, 0.25) is 0 Å². The van der Waals surface area contributed by atoms with E-state index in [9.17, 15) is 9.90 Å². The second-order valence-electron chi connectivity index (χ2n) is 5.49. The average molecular weight is 323 g/mol. The number of aromatic nitrogens is 2. The second-order valence-corrected chi connectivity index (χ2v) is 5.49. The van der Waals surface area contributed by atoms with Crippen molar-refractivity contribution in [2.45, 2.75) is 20.8 Å². The number of rotatable bonds is 3. The van der Waals surface area contributed by atoms with Crippen LogP contribution in [-0.4, -0.2) is 20.6 Å². The molecule has 0 aliphatic rings. The number of nitrogens with zero attached hydrogens (tertiary/aromatic N) is 3. The van der Waals surface area contributed by atoms with Gasteiger partial charge in [0.15, 0.2) is 5.82 Å². The summed E-state index contributed by atoms with van der Waals surface area (Å²) in [4.78, 5) is 16.5. The van der Waals surface area contributed by atoms with Crippen LogP contribution in [0.1, 0.15) is 23.9 Å². The SMILES string of the molecule is CC(=Nc1cc(C)nn1-c1ccccc1)c1c(O)cc(C)oc1=O. The molecule has 0 unspecified atom stereocenters. The Kier molecular flexibility index (Phi) is 4.04. The molecule has 0 aliphatic heterocycles. The lowest BCUT2D eigenvalue weighted by molar-refractivity contribution is 0.432. The molecule has 24 heavy (non-hydrogen) atoms. The number of aromatic hydroxyl groups is 1. The maximum absolute atomic E-state index is 12.0. The third-order valence-electron chi connectivity index (χ3n) is 3.51. The minimum absolute atomic E-state index is 0.0547. The van der Waals surface area contributed by atoms with Gasteiger partial charge >= 0.3 is 5.63 Å². The van der Waals surface area contributed by atoms with E-state index in [1.54, 1.807) is 18.5 Å². The first-order valence-electron chi connectivity index (χ1n) is 7.47. The molecule has 122 valence electrons. The Morgan fingerprint density at radius 1 is 1.21 bits per heavy atom. The zero-order valence-corrected chi connectivity index (χ0v) is 13.6. The topological polar surface area (TPSA) is 80.6 Å². The van der Waals surface area contributed by atoms with Gasteiger partial charge in [0, 0.05) is 12.1 Å². The van der Waals surface area contributed by atoms with Gasteiger partial charge in [-0.25, -0.2) is 14.5 Å². The van der Waals surface area contributed by atoms with Crippen molar-refractivity contribution in [1.29, 1.82) is 0 Å². The van der Waals surface area contributed by atoms with Gasteiger partial charge in [-0.15, -0.1) is 0 Å². The predicted octanol–water partition coefficient (Wildman–Crippen LogP) is 3.29. The van der Waals surface area contributed by atoms with Crippen LogP contribution in [0.5, 0.6) is 5.75 Å². The molecule has 0 atom stereocenters. The van der Waals surface area contributed by atoms with Gasteiger partial charge in [0.05, 0.1) is 17.1 Å². The molecule has 3 aromatic rings. The van der Waals surface area contributed by atoms with Gasteiger partial charge < -0.3 is 9.52 Å². The highest BCUT2D eigenvalue weighted by atomic mass is 16.4. The fourth-order valence-corrected chi connectivity index (χ4v) is 2.48. The molecular formula is C18H17N3O3. The molecule has 2 aromatic heterocycles. The lowest BCUT2D eigenvalue weighted by Gasteiger charge is -2.06. The number of hydrogen-bond acceptors (Lipinski definition) is 5. The molecule has 0 saturated heterocycles. The molecule has 0 amide bonds. The van der Waals surface area contributed by atoms with Crippen LogP contribution in [-0.2, 0) is 0 Å². The van der Waals surface area contributed by atoms with Gasteiger partial charge in [0.25, 0.3) is 0 Å². The van der Waals surface area contributed by atoms with Crippen LogP contribution in [0, 0.1) is 13.8 Å². The lowest BCUT2D eigenvalue weighted by Crippen LogP contribution is -2.13. The van der Waals surface area contributed by atoms with E-state index >= 15 is 0 Å². The van der Waals surface area contributed by atoms with E-state index in [4.69, 9.17) is 4.42 Å². The first kappa shape index (κ1) is 15.7. The molecule has 1 N–H and O–H groups in total. The number of benzene rings is 1. The van der Waals surface area contributed by atoms with E-state index in [-0.39, 0.29) is 11.3 Å². The fraction of sp³-hybridized carbons (Fsp3) is 0.167. The predicted molar refractivity (Wildman–Crippen MR) is 91.6 cm³/mol. The Labute approximate surface area is 138 Å². The first-order chi connectivity index (χ1) is 11.5. The Hall–Kier alpha value is -3.15. The molecule has 6 nitrogen and oxygen atoms in total. The van der Waals surface area contributed by atoms with Crippen LogP contribution in [0.2, 0.25) is 0 Å². The van der Waals surface area contributed by atoms with Gasteiger partial charge in [0.1, 0.15) is 17.1 Å². The largest absolute Gasteiger partial charge is 0.507 e. The van der Waals surface area contributed by atoms with Crippen molar-refractivity contribution in [3.63, 3.8) is 0 Å². The monoisotopic (exact) mass is 323 g/mol. The van der Waals surface area contributed by atoms with E-state index in [0.29, 0.717) is 17.3 Å². The van der Waals surface area contributed by atoms with E-state index in [0.717, 1.165) is 11.4 Å². The summed E-state index contributed by atoms with van der Waals surface area (Å²) in [6.45, 7) is 5.12. The molecule has 0 aliphatic carbocycles. The number of para-hydroxylation sites is 1. The number of aryl methyl sites for hydroxylation is 2. The van der Waals surface area contributed by atoms with Crippen molar-refractivity contribution in [2.24, 2.45) is 4.99 Å². The van der Waals surface area contributed by atoms with Crippen LogP contribution in [0.4, 0.5) is 5.82 Å². The number of aliphatic imine (C=N–C) groups is 1. The Morgan fingerprint density at radius 3 is 2.58 bits per heavy atom. The van der Waals surface area contributed by atoms with E-state index in [1.807, 2.05) is 43.3 Å². The maximum atomic E-state index is 12.0. The summed E-state index contributed by atoms with van der Waals surface area (Å²) in [6, 6.07) is 12.8. The average Bonchev–Trinajstić information content (AvgIpc) is 2.87. The summed E-state index contributed by atoms with van der Waals surface area (Å²) in [5.41, 5.74) is 1.46. The first-order valence-corrected chi connectivity index (χ1v) is 7.47. The Balaban J connectivity index is 2.12. The van der Waals surface area contributed by atoms with Gasteiger partial charge in [-0.3, -0.25) is 0 Å². The molecule has 0 spiro atoms.